The minimum absolute atomic E-state index is 0.0240. The van der Waals surface area contributed by atoms with Crippen molar-refractivity contribution in [2.75, 3.05) is 23.9 Å². The molecule has 0 bridgehead atoms. The van der Waals surface area contributed by atoms with Gasteiger partial charge in [-0.25, -0.2) is 0 Å². The Morgan fingerprint density at radius 3 is 2.31 bits per heavy atom. The third-order valence-electron chi connectivity index (χ3n) is 9.64. The van der Waals surface area contributed by atoms with E-state index in [0.717, 1.165) is 43.1 Å². The number of hydrogen-bond donors (Lipinski definition) is 1. The summed E-state index contributed by atoms with van der Waals surface area (Å²) in [5.74, 6) is 2.58. The monoisotopic (exact) mass is 677 g/mol. The SMILES string of the molecule is C1=CCC2(C=C1)CN(NC(=NCCC1C=C(c3cccs3)SC1)c1ccc3c4ccccc4c4ccccc4c3c1)c1ccccc1S2. The summed E-state index contributed by atoms with van der Waals surface area (Å²) in [5.41, 5.74) is 6.22. The molecular formula is C42H35N3S3. The third-order valence-corrected chi connectivity index (χ3v) is 13.3. The lowest BCUT2D eigenvalue weighted by Gasteiger charge is -2.43. The fourth-order valence-electron chi connectivity index (χ4n) is 7.27. The Kier molecular flexibility index (Phi) is 7.88. The summed E-state index contributed by atoms with van der Waals surface area (Å²) >= 11 is 5.79. The molecule has 5 aromatic carbocycles. The third kappa shape index (κ3) is 5.56. The second-order valence-electron chi connectivity index (χ2n) is 12.8. The number of nitrogens with zero attached hydrogens (tertiary/aromatic N) is 2. The number of benzene rings is 5. The highest BCUT2D eigenvalue weighted by Gasteiger charge is 2.37. The van der Waals surface area contributed by atoms with Gasteiger partial charge in [0.15, 0.2) is 0 Å². The van der Waals surface area contributed by atoms with E-state index in [4.69, 9.17) is 4.99 Å². The summed E-state index contributed by atoms with van der Waals surface area (Å²) in [6, 6.07) is 37.7. The summed E-state index contributed by atoms with van der Waals surface area (Å²) in [6.45, 7) is 1.61. The first-order valence-corrected chi connectivity index (χ1v) is 19.3. The number of aliphatic imine (C=N–C) groups is 1. The second kappa shape index (κ2) is 12.7. The van der Waals surface area contributed by atoms with Crippen LogP contribution in [0.3, 0.4) is 0 Å². The molecule has 1 spiro atoms. The van der Waals surface area contributed by atoms with Gasteiger partial charge in [-0.15, -0.1) is 34.9 Å². The van der Waals surface area contributed by atoms with Crippen LogP contribution in [0.1, 0.15) is 23.3 Å². The van der Waals surface area contributed by atoms with E-state index in [2.05, 4.69) is 149 Å². The molecule has 3 aliphatic rings. The van der Waals surface area contributed by atoms with Crippen molar-refractivity contribution in [2.45, 2.75) is 22.5 Å². The van der Waals surface area contributed by atoms with Crippen molar-refractivity contribution in [1.29, 1.82) is 0 Å². The average molecular weight is 678 g/mol. The van der Waals surface area contributed by atoms with Crippen molar-refractivity contribution in [3.05, 3.63) is 149 Å². The largest absolute Gasteiger partial charge is 0.284 e. The first kappa shape index (κ1) is 29.9. The minimum Gasteiger partial charge on any atom is -0.284 e. The summed E-state index contributed by atoms with van der Waals surface area (Å²) in [4.78, 5) is 9.48. The minimum atomic E-state index is -0.0240. The highest BCUT2D eigenvalue weighted by atomic mass is 32.2. The van der Waals surface area contributed by atoms with Gasteiger partial charge >= 0.3 is 0 Å². The van der Waals surface area contributed by atoms with E-state index in [1.165, 1.54) is 52.7 Å². The van der Waals surface area contributed by atoms with Gasteiger partial charge in [-0.1, -0.05) is 109 Å². The Morgan fingerprint density at radius 2 is 1.56 bits per heavy atom. The molecule has 1 aromatic heterocycles. The summed E-state index contributed by atoms with van der Waals surface area (Å²) in [6.07, 6.45) is 13.5. The lowest BCUT2D eigenvalue weighted by molar-refractivity contribution is 0.623. The number of hydrazine groups is 1. The summed E-state index contributed by atoms with van der Waals surface area (Å²) in [5, 5.41) is 12.2. The van der Waals surface area contributed by atoms with Gasteiger partial charge in [-0.05, 0) is 80.7 Å². The van der Waals surface area contributed by atoms with Crippen molar-refractivity contribution in [1.82, 2.24) is 5.43 Å². The molecule has 0 fully saturated rings. The standard InChI is InChI=1S/C42H35N3S3/c1-8-21-42(22-9-1)28-45(37-15-6-7-16-38(37)48-42)44-41(43-23-20-29-25-40(47-27-29)39-17-10-24-46-39)30-18-19-35-33-13-3-2-11-31(33)32-12-4-5-14-34(32)36(35)26-30/h1-19,21,24-26,29H,20,22-23,27-28H2,(H,43,44). The van der Waals surface area contributed by atoms with Gasteiger partial charge in [0.1, 0.15) is 5.84 Å². The molecule has 6 heteroatoms. The molecule has 3 heterocycles. The van der Waals surface area contributed by atoms with Crippen molar-refractivity contribution in [2.24, 2.45) is 10.9 Å². The van der Waals surface area contributed by atoms with Crippen LogP contribution in [0.15, 0.2) is 149 Å². The lowest BCUT2D eigenvalue weighted by Crippen LogP contribution is -2.52. The van der Waals surface area contributed by atoms with Crippen LogP contribution in [0.25, 0.3) is 37.2 Å². The summed E-state index contributed by atoms with van der Waals surface area (Å²) < 4.78 is -0.0240. The Morgan fingerprint density at radius 1 is 0.812 bits per heavy atom. The zero-order chi connectivity index (χ0) is 31.9. The molecule has 48 heavy (non-hydrogen) atoms. The smallest absolute Gasteiger partial charge is 0.147 e. The molecule has 6 aromatic rings. The van der Waals surface area contributed by atoms with Crippen molar-refractivity contribution in [3.63, 3.8) is 0 Å². The van der Waals surface area contributed by atoms with Crippen LogP contribution < -0.4 is 10.4 Å². The molecule has 1 aliphatic carbocycles. The van der Waals surface area contributed by atoms with Gasteiger partial charge < -0.3 is 0 Å². The van der Waals surface area contributed by atoms with Crippen molar-refractivity contribution >= 4 is 83.6 Å². The van der Waals surface area contributed by atoms with Crippen LogP contribution in [0, 0.1) is 5.92 Å². The normalized spacial score (nSPS) is 20.6. The molecule has 2 aliphatic heterocycles. The quantitative estimate of drug-likeness (QED) is 0.108. The van der Waals surface area contributed by atoms with Crippen molar-refractivity contribution < 1.29 is 0 Å². The van der Waals surface area contributed by atoms with E-state index >= 15 is 0 Å². The van der Waals surface area contributed by atoms with Crippen LogP contribution in [0.5, 0.6) is 0 Å². The van der Waals surface area contributed by atoms with Gasteiger partial charge in [-0.2, -0.15) is 0 Å². The molecule has 0 saturated heterocycles. The Balaban J connectivity index is 1.12. The maximum Gasteiger partial charge on any atom is 0.147 e. The van der Waals surface area contributed by atoms with Crippen LogP contribution in [-0.4, -0.2) is 29.4 Å². The number of rotatable bonds is 6. The second-order valence-corrected chi connectivity index (χ2v) is 16.2. The van der Waals surface area contributed by atoms with Gasteiger partial charge in [0, 0.05) is 32.5 Å². The fourth-order valence-corrected chi connectivity index (χ4v) is 10.8. The predicted molar refractivity (Wildman–Crippen MR) is 212 cm³/mol. The molecular weight excluding hydrogens is 643 g/mol. The molecule has 236 valence electrons. The molecule has 2 unspecified atom stereocenters. The molecule has 9 rings (SSSR count). The fraction of sp³-hybridized carbons (Fsp3) is 0.167. The maximum absolute atomic E-state index is 5.38. The van der Waals surface area contributed by atoms with Crippen LogP contribution >= 0.6 is 34.9 Å². The zero-order valence-electron chi connectivity index (χ0n) is 26.5. The zero-order valence-corrected chi connectivity index (χ0v) is 29.0. The highest BCUT2D eigenvalue weighted by molar-refractivity contribution is 8.08. The van der Waals surface area contributed by atoms with E-state index in [1.807, 2.05) is 34.9 Å². The number of nitrogens with one attached hydrogen (secondary N) is 1. The Bertz CT molecular complexity index is 2250. The first-order chi connectivity index (χ1) is 23.7. The number of allylic oxidation sites excluding steroid dienone is 4. The van der Waals surface area contributed by atoms with Gasteiger partial charge in [0.25, 0.3) is 0 Å². The van der Waals surface area contributed by atoms with E-state index in [1.54, 1.807) is 0 Å². The molecule has 1 N–H and O–H groups in total. The first-order valence-electron chi connectivity index (χ1n) is 16.7. The highest BCUT2D eigenvalue weighted by Crippen LogP contribution is 2.47. The maximum atomic E-state index is 5.38. The number of hydrogen-bond acceptors (Lipinski definition) is 5. The summed E-state index contributed by atoms with van der Waals surface area (Å²) in [7, 11) is 0. The molecule has 0 amide bonds. The van der Waals surface area contributed by atoms with Crippen molar-refractivity contribution in [3.8, 4) is 0 Å². The number of para-hydroxylation sites is 1. The average Bonchev–Trinajstić information content (AvgIpc) is 3.85. The topological polar surface area (TPSA) is 27.6 Å². The number of thiophene rings is 1. The van der Waals surface area contributed by atoms with Crippen LogP contribution in [0.4, 0.5) is 5.69 Å². The van der Waals surface area contributed by atoms with E-state index in [-0.39, 0.29) is 4.75 Å². The van der Waals surface area contributed by atoms with E-state index < -0.39 is 0 Å². The Hall–Kier alpha value is -4.23. The van der Waals surface area contributed by atoms with E-state index in [9.17, 15) is 0 Å². The van der Waals surface area contributed by atoms with E-state index in [0.29, 0.717) is 5.92 Å². The molecule has 3 nitrogen and oxygen atoms in total. The molecule has 0 radical (unpaired) electrons. The predicted octanol–water partition coefficient (Wildman–Crippen LogP) is 11.1. The number of amidine groups is 1. The number of anilines is 1. The number of thioether (sulfide) groups is 2. The lowest BCUT2D eigenvalue weighted by atomic mass is 9.93. The molecule has 2 atom stereocenters. The number of fused-ring (bicyclic) bond motifs is 7. The van der Waals surface area contributed by atoms with Crippen LogP contribution in [-0.2, 0) is 0 Å². The molecule has 0 saturated carbocycles. The van der Waals surface area contributed by atoms with Gasteiger partial charge in [0.05, 0.1) is 17.0 Å². The van der Waals surface area contributed by atoms with Crippen LogP contribution in [0.2, 0.25) is 0 Å². The van der Waals surface area contributed by atoms with Gasteiger partial charge in [-0.3, -0.25) is 15.4 Å². The van der Waals surface area contributed by atoms with Gasteiger partial charge in [0.2, 0.25) is 0 Å². The Labute approximate surface area is 294 Å².